The van der Waals surface area contributed by atoms with Crippen molar-refractivity contribution in [2.45, 2.75) is 109 Å². The van der Waals surface area contributed by atoms with E-state index in [1.807, 2.05) is 39.0 Å². The van der Waals surface area contributed by atoms with Crippen molar-refractivity contribution in [2.24, 2.45) is 7.05 Å². The van der Waals surface area contributed by atoms with E-state index in [9.17, 15) is 24.0 Å². The smallest absolute Gasteiger partial charge is 0.407 e. The van der Waals surface area contributed by atoms with E-state index in [2.05, 4.69) is 16.0 Å². The van der Waals surface area contributed by atoms with Gasteiger partial charge in [-0.3, -0.25) is 28.8 Å². The number of imide groups is 1. The van der Waals surface area contributed by atoms with Gasteiger partial charge in [-0.1, -0.05) is 31.7 Å². The van der Waals surface area contributed by atoms with E-state index in [0.29, 0.717) is 30.9 Å². The largest absolute Gasteiger partial charge is 0.444 e. The van der Waals surface area contributed by atoms with Crippen LogP contribution in [0.2, 0.25) is 0 Å². The minimum atomic E-state index is -0.657. The summed E-state index contributed by atoms with van der Waals surface area (Å²) in [6.07, 6.45) is 10.8. The maximum Gasteiger partial charge on any atom is 0.407 e. The number of piperidine rings is 1. The van der Waals surface area contributed by atoms with Gasteiger partial charge < -0.3 is 15.4 Å². The number of ether oxygens (including phenoxy) is 1. The van der Waals surface area contributed by atoms with Gasteiger partial charge in [0.25, 0.3) is 0 Å². The first-order chi connectivity index (χ1) is 19.5. The fourth-order valence-corrected chi connectivity index (χ4v) is 5.31. The molecule has 1 aromatic carbocycles. The summed E-state index contributed by atoms with van der Waals surface area (Å²) in [4.78, 5) is 57.9. The molecule has 2 aromatic rings. The molecule has 226 valence electrons. The number of aryl methyl sites for hydroxylation is 2. The molecule has 11 nitrogen and oxygen atoms in total. The van der Waals surface area contributed by atoms with Crippen molar-refractivity contribution in [3.8, 4) is 0 Å². The van der Waals surface area contributed by atoms with Crippen LogP contribution in [0.3, 0.4) is 0 Å². The lowest BCUT2D eigenvalue weighted by Gasteiger charge is -2.25. The van der Waals surface area contributed by atoms with Crippen molar-refractivity contribution in [1.29, 1.82) is 0 Å². The molecule has 1 aliphatic carbocycles. The molecule has 4 rings (SSSR count). The first-order valence-corrected chi connectivity index (χ1v) is 14.7. The van der Waals surface area contributed by atoms with Gasteiger partial charge in [-0.15, -0.1) is 0 Å². The second-order valence-electron chi connectivity index (χ2n) is 11.9. The molecule has 2 heterocycles. The molecule has 2 fully saturated rings. The third-order valence-electron chi connectivity index (χ3n) is 7.37. The first kappa shape index (κ1) is 31.9. The van der Waals surface area contributed by atoms with Crippen LogP contribution in [-0.4, -0.2) is 51.6 Å². The molecular formula is C30H45N5O6. The molecule has 1 saturated carbocycles. The molecule has 1 aromatic heterocycles. The number of carbonyl (C=O) groups excluding carboxylic acids is 4. The van der Waals surface area contributed by atoms with Crippen molar-refractivity contribution in [3.63, 3.8) is 0 Å². The number of hydrogen-bond acceptors (Lipinski definition) is 6. The van der Waals surface area contributed by atoms with Gasteiger partial charge in [-0.25, -0.2) is 9.59 Å². The number of alkyl carbamates (subject to hydrolysis) is 1. The summed E-state index contributed by atoms with van der Waals surface area (Å²) in [6.45, 7) is 6.33. The second kappa shape index (κ2) is 14.8. The Labute approximate surface area is 241 Å². The van der Waals surface area contributed by atoms with E-state index in [4.69, 9.17) is 4.74 Å². The van der Waals surface area contributed by atoms with Crippen LogP contribution >= 0.6 is 0 Å². The molecule has 1 unspecified atom stereocenters. The van der Waals surface area contributed by atoms with E-state index >= 15 is 0 Å². The van der Waals surface area contributed by atoms with Gasteiger partial charge in [0.1, 0.15) is 11.6 Å². The number of imidazole rings is 1. The maximum absolute atomic E-state index is 12.7. The maximum atomic E-state index is 12.7. The first-order valence-electron chi connectivity index (χ1n) is 14.7. The highest BCUT2D eigenvalue weighted by atomic mass is 16.6. The average Bonchev–Trinajstić information content (AvgIpc) is 3.15. The molecule has 1 saturated heterocycles. The SMILES string of the molecule is CC(C)(C)OC(=O)NC1CCCCC1.Cn1c(=O)n(C2CCC(=O)NC2=O)c2ccc(CCCCCNC=O)cc21. The van der Waals surface area contributed by atoms with E-state index in [-0.39, 0.29) is 24.1 Å². The van der Waals surface area contributed by atoms with Gasteiger partial charge in [-0.2, -0.15) is 0 Å². The number of hydrogen-bond donors (Lipinski definition) is 3. The second-order valence-corrected chi connectivity index (χ2v) is 11.9. The van der Waals surface area contributed by atoms with Gasteiger partial charge in [0.2, 0.25) is 18.2 Å². The molecule has 11 heteroatoms. The molecule has 0 radical (unpaired) electrons. The van der Waals surface area contributed by atoms with Gasteiger partial charge in [0.15, 0.2) is 0 Å². The molecule has 4 amide bonds. The van der Waals surface area contributed by atoms with Gasteiger partial charge in [-0.05, 0) is 77.0 Å². The van der Waals surface area contributed by atoms with E-state index < -0.39 is 17.6 Å². The monoisotopic (exact) mass is 571 g/mol. The Hall–Kier alpha value is -3.63. The van der Waals surface area contributed by atoms with Crippen LogP contribution in [0.15, 0.2) is 23.0 Å². The fraction of sp³-hybridized carbons (Fsp3) is 0.633. The summed E-state index contributed by atoms with van der Waals surface area (Å²) in [5.41, 5.74) is 1.97. The molecule has 41 heavy (non-hydrogen) atoms. The van der Waals surface area contributed by atoms with E-state index in [1.165, 1.54) is 23.8 Å². The van der Waals surface area contributed by atoms with E-state index in [1.54, 1.807) is 11.6 Å². The van der Waals surface area contributed by atoms with Crippen LogP contribution in [0.4, 0.5) is 4.79 Å². The van der Waals surface area contributed by atoms with Crippen LogP contribution in [0.5, 0.6) is 0 Å². The zero-order valence-electron chi connectivity index (χ0n) is 24.8. The van der Waals surface area contributed by atoms with E-state index in [0.717, 1.165) is 49.6 Å². The summed E-state index contributed by atoms with van der Waals surface area (Å²) in [7, 11) is 1.70. The number of benzene rings is 1. The third-order valence-corrected chi connectivity index (χ3v) is 7.37. The van der Waals surface area contributed by atoms with Gasteiger partial charge >= 0.3 is 11.8 Å². The Balaban J connectivity index is 0.000000278. The number of aromatic nitrogens is 2. The lowest BCUT2D eigenvalue weighted by Crippen LogP contribution is -2.44. The molecule has 0 bridgehead atoms. The Morgan fingerprint density at radius 2 is 1.78 bits per heavy atom. The molecule has 1 atom stereocenters. The van der Waals surface area contributed by atoms with Crippen molar-refractivity contribution in [3.05, 3.63) is 34.2 Å². The number of unbranched alkanes of at least 4 members (excludes halogenated alkanes) is 2. The lowest BCUT2D eigenvalue weighted by atomic mass is 9.96. The van der Waals surface area contributed by atoms with Crippen molar-refractivity contribution >= 4 is 35.4 Å². The van der Waals surface area contributed by atoms with Crippen LogP contribution < -0.4 is 21.6 Å². The number of nitrogens with zero attached hydrogens (tertiary/aromatic N) is 2. The van der Waals surface area contributed by atoms with Crippen molar-refractivity contribution < 1.29 is 23.9 Å². The summed E-state index contributed by atoms with van der Waals surface area (Å²) in [5, 5.41) is 7.88. The highest BCUT2D eigenvalue weighted by Crippen LogP contribution is 2.24. The Morgan fingerprint density at radius 3 is 2.44 bits per heavy atom. The Bertz CT molecular complexity index is 1270. The Kier molecular flexibility index (Phi) is 11.5. The van der Waals surface area contributed by atoms with Crippen LogP contribution in [0.25, 0.3) is 11.0 Å². The third kappa shape index (κ3) is 9.47. The summed E-state index contributed by atoms with van der Waals surface area (Å²) in [6, 6.07) is 5.52. The summed E-state index contributed by atoms with van der Waals surface area (Å²) < 4.78 is 8.23. The van der Waals surface area contributed by atoms with Crippen LogP contribution in [0.1, 0.15) is 96.6 Å². The quantitative estimate of drug-likeness (QED) is 0.239. The Morgan fingerprint density at radius 1 is 1.05 bits per heavy atom. The standard InChI is InChI=1S/C19H24N4O4.C11H21NO2/c1-22-16-11-13(5-3-2-4-10-20-12-24)6-7-14(16)23(19(22)27)15-8-9-17(25)21-18(15)26;1-11(2,3)14-10(13)12-9-7-5-4-6-8-9/h6-7,11-12,15H,2-5,8-10H2,1H3,(H,20,24)(H,21,25,26);9H,4-8H2,1-3H3,(H,12,13). The molecule has 3 N–H and O–H groups in total. The van der Waals surface area contributed by atoms with Gasteiger partial charge in [0, 0.05) is 26.1 Å². The molecular weight excluding hydrogens is 526 g/mol. The summed E-state index contributed by atoms with van der Waals surface area (Å²) in [5.74, 6) is -0.718. The predicted molar refractivity (Wildman–Crippen MR) is 156 cm³/mol. The predicted octanol–water partition coefficient (Wildman–Crippen LogP) is 3.62. The van der Waals surface area contributed by atoms with Crippen molar-refractivity contribution in [1.82, 2.24) is 25.1 Å². The zero-order valence-corrected chi connectivity index (χ0v) is 24.8. The number of carbonyl (C=O) groups is 4. The average molecular weight is 572 g/mol. The molecule has 2 aliphatic rings. The highest BCUT2D eigenvalue weighted by molar-refractivity contribution is 6.00. The normalized spacial score (nSPS) is 17.8. The number of amides is 4. The fourth-order valence-electron chi connectivity index (χ4n) is 5.31. The topological polar surface area (TPSA) is 141 Å². The van der Waals surface area contributed by atoms with Crippen LogP contribution in [0, 0.1) is 0 Å². The van der Waals surface area contributed by atoms with Crippen LogP contribution in [-0.2, 0) is 32.6 Å². The van der Waals surface area contributed by atoms with Gasteiger partial charge in [0.05, 0.1) is 11.0 Å². The number of nitrogens with one attached hydrogen (secondary N) is 3. The number of fused-ring (bicyclic) bond motifs is 1. The zero-order chi connectivity index (χ0) is 30.0. The highest BCUT2D eigenvalue weighted by Gasteiger charge is 2.31. The lowest BCUT2D eigenvalue weighted by molar-refractivity contribution is -0.135. The number of rotatable bonds is 9. The minimum Gasteiger partial charge on any atom is -0.444 e. The molecule has 0 spiro atoms. The molecule has 1 aliphatic heterocycles. The van der Waals surface area contributed by atoms with Crippen molar-refractivity contribution in [2.75, 3.05) is 6.54 Å². The minimum absolute atomic E-state index is 0.232. The summed E-state index contributed by atoms with van der Waals surface area (Å²) >= 11 is 0.